The lowest BCUT2D eigenvalue weighted by molar-refractivity contribution is 0.0663. The monoisotopic (exact) mass is 339 g/mol. The van der Waals surface area contributed by atoms with E-state index in [1.807, 2.05) is 30.3 Å². The summed E-state index contributed by atoms with van der Waals surface area (Å²) < 4.78 is 5.40. The van der Waals surface area contributed by atoms with E-state index in [1.165, 1.54) is 7.11 Å². The van der Waals surface area contributed by atoms with Gasteiger partial charge in [-0.25, -0.2) is 4.79 Å². The fraction of sp³-hybridized carbons (Fsp3) is 0.300. The molecule has 0 atom stereocenters. The number of rotatable bonds is 4. The largest absolute Gasteiger partial charge is 0.496 e. The Morgan fingerprint density at radius 2 is 1.68 bits per heavy atom. The van der Waals surface area contributed by atoms with Crippen LogP contribution in [0.3, 0.4) is 0 Å². The molecule has 1 aliphatic heterocycles. The molecule has 0 aliphatic carbocycles. The Labute approximate surface area is 146 Å². The standard InChI is InChI=1S/C20H21NO4/c1-25-17-13-15(14-8-4-2-5-9-14)12-16(20(23)24)18(17)19(22)21-10-6-3-7-11-21/h2,4-5,8-9,12-13H,3,6-7,10-11H2,1H3,(H,23,24). The zero-order chi connectivity index (χ0) is 17.8. The average Bonchev–Trinajstić information content (AvgIpc) is 2.67. The van der Waals surface area contributed by atoms with Gasteiger partial charge in [0.05, 0.1) is 18.2 Å². The molecule has 3 rings (SSSR count). The van der Waals surface area contributed by atoms with Crippen molar-refractivity contribution >= 4 is 11.9 Å². The van der Waals surface area contributed by atoms with E-state index in [4.69, 9.17) is 4.74 Å². The Hall–Kier alpha value is -2.82. The first-order valence-corrected chi connectivity index (χ1v) is 8.42. The molecule has 5 heteroatoms. The molecule has 0 saturated carbocycles. The molecular formula is C20H21NO4. The molecule has 5 nitrogen and oxygen atoms in total. The second kappa shape index (κ2) is 7.38. The van der Waals surface area contributed by atoms with Crippen LogP contribution in [0.1, 0.15) is 40.0 Å². The zero-order valence-electron chi connectivity index (χ0n) is 14.2. The van der Waals surface area contributed by atoms with Gasteiger partial charge in [-0.3, -0.25) is 4.79 Å². The van der Waals surface area contributed by atoms with Gasteiger partial charge in [-0.15, -0.1) is 0 Å². The van der Waals surface area contributed by atoms with Crippen molar-refractivity contribution in [3.63, 3.8) is 0 Å². The number of nitrogens with zero attached hydrogens (tertiary/aromatic N) is 1. The van der Waals surface area contributed by atoms with Gasteiger partial charge in [0.1, 0.15) is 5.75 Å². The van der Waals surface area contributed by atoms with Gasteiger partial charge in [0, 0.05) is 13.1 Å². The molecule has 0 unspecified atom stereocenters. The van der Waals surface area contributed by atoms with Gasteiger partial charge in [0.25, 0.3) is 5.91 Å². The second-order valence-electron chi connectivity index (χ2n) is 6.13. The molecule has 1 heterocycles. The van der Waals surface area contributed by atoms with Crippen LogP contribution in [0.2, 0.25) is 0 Å². The number of methoxy groups -OCH3 is 1. The summed E-state index contributed by atoms with van der Waals surface area (Å²) in [5, 5.41) is 9.68. The summed E-state index contributed by atoms with van der Waals surface area (Å²) in [5.41, 5.74) is 1.70. The van der Waals surface area contributed by atoms with Crippen LogP contribution < -0.4 is 4.74 Å². The highest BCUT2D eigenvalue weighted by molar-refractivity contribution is 6.08. The summed E-state index contributed by atoms with van der Waals surface area (Å²) in [6.07, 6.45) is 2.98. The summed E-state index contributed by atoms with van der Waals surface area (Å²) in [6.45, 7) is 1.31. The quantitative estimate of drug-likeness (QED) is 0.922. The predicted molar refractivity (Wildman–Crippen MR) is 95.1 cm³/mol. The minimum atomic E-state index is -1.13. The average molecular weight is 339 g/mol. The molecule has 0 aromatic heterocycles. The first-order chi connectivity index (χ1) is 12.1. The van der Waals surface area contributed by atoms with Gasteiger partial charge < -0.3 is 14.7 Å². The summed E-state index contributed by atoms with van der Waals surface area (Å²) in [4.78, 5) is 26.5. The number of carboxylic acids is 1. The lowest BCUT2D eigenvalue weighted by Gasteiger charge is -2.28. The van der Waals surface area contributed by atoms with Crippen LogP contribution in [0.15, 0.2) is 42.5 Å². The summed E-state index contributed by atoms with van der Waals surface area (Å²) in [6, 6.07) is 12.7. The van der Waals surface area contributed by atoms with Crippen molar-refractivity contribution in [1.29, 1.82) is 0 Å². The Kier molecular flexibility index (Phi) is 5.03. The number of amides is 1. The maximum Gasteiger partial charge on any atom is 0.336 e. The number of ether oxygens (including phenoxy) is 1. The highest BCUT2D eigenvalue weighted by Gasteiger charge is 2.27. The third-order valence-electron chi connectivity index (χ3n) is 4.52. The fourth-order valence-corrected chi connectivity index (χ4v) is 3.22. The van der Waals surface area contributed by atoms with Gasteiger partial charge in [-0.05, 0) is 42.5 Å². The first kappa shape index (κ1) is 17.0. The Morgan fingerprint density at radius 3 is 2.28 bits per heavy atom. The number of hydrogen-bond donors (Lipinski definition) is 1. The first-order valence-electron chi connectivity index (χ1n) is 8.42. The van der Waals surface area contributed by atoms with E-state index in [0.29, 0.717) is 24.4 Å². The van der Waals surface area contributed by atoms with Gasteiger partial charge in [0.2, 0.25) is 0 Å². The van der Waals surface area contributed by atoms with E-state index >= 15 is 0 Å². The molecule has 0 bridgehead atoms. The van der Waals surface area contributed by atoms with Crippen LogP contribution in [-0.2, 0) is 0 Å². The summed E-state index contributed by atoms with van der Waals surface area (Å²) in [7, 11) is 1.46. The summed E-state index contributed by atoms with van der Waals surface area (Å²) >= 11 is 0. The van der Waals surface area contributed by atoms with Crippen LogP contribution in [-0.4, -0.2) is 42.1 Å². The SMILES string of the molecule is COc1cc(-c2ccccc2)cc(C(=O)O)c1C(=O)N1CCCCC1. The topological polar surface area (TPSA) is 66.8 Å². The highest BCUT2D eigenvalue weighted by atomic mass is 16.5. The molecule has 130 valence electrons. The van der Waals surface area contributed by atoms with E-state index in [2.05, 4.69) is 0 Å². The van der Waals surface area contributed by atoms with Gasteiger partial charge in [-0.2, -0.15) is 0 Å². The van der Waals surface area contributed by atoms with Crippen LogP contribution in [0.25, 0.3) is 11.1 Å². The molecule has 1 fully saturated rings. The number of carbonyl (C=O) groups excluding carboxylic acids is 1. The van der Waals surface area contributed by atoms with E-state index in [-0.39, 0.29) is 17.0 Å². The highest BCUT2D eigenvalue weighted by Crippen LogP contribution is 2.32. The van der Waals surface area contributed by atoms with Gasteiger partial charge >= 0.3 is 5.97 Å². The minimum absolute atomic E-state index is 0.0197. The Bertz CT molecular complexity index is 780. The van der Waals surface area contributed by atoms with Gasteiger partial charge in [0.15, 0.2) is 0 Å². The van der Waals surface area contributed by atoms with E-state index < -0.39 is 5.97 Å². The zero-order valence-corrected chi connectivity index (χ0v) is 14.2. The molecule has 1 aliphatic rings. The van der Waals surface area contributed by atoms with Crippen molar-refractivity contribution in [2.75, 3.05) is 20.2 Å². The van der Waals surface area contributed by atoms with Crippen molar-refractivity contribution in [2.24, 2.45) is 0 Å². The van der Waals surface area contributed by atoms with Crippen LogP contribution in [0.4, 0.5) is 0 Å². The van der Waals surface area contributed by atoms with Crippen molar-refractivity contribution in [3.05, 3.63) is 53.6 Å². The maximum absolute atomic E-state index is 12.9. The number of hydrogen-bond acceptors (Lipinski definition) is 3. The third kappa shape index (κ3) is 3.50. The van der Waals surface area contributed by atoms with Crippen molar-refractivity contribution in [2.45, 2.75) is 19.3 Å². The van der Waals surface area contributed by atoms with Crippen LogP contribution in [0.5, 0.6) is 5.75 Å². The molecule has 1 saturated heterocycles. The smallest absolute Gasteiger partial charge is 0.336 e. The normalized spacial score (nSPS) is 14.2. The van der Waals surface area contributed by atoms with Crippen molar-refractivity contribution < 1.29 is 19.4 Å². The number of carbonyl (C=O) groups is 2. The molecule has 25 heavy (non-hydrogen) atoms. The van der Waals surface area contributed by atoms with Gasteiger partial charge in [-0.1, -0.05) is 30.3 Å². The fourth-order valence-electron chi connectivity index (χ4n) is 3.22. The number of piperidine rings is 1. The number of benzene rings is 2. The Balaban J connectivity index is 2.10. The maximum atomic E-state index is 12.9. The van der Waals surface area contributed by atoms with Crippen molar-refractivity contribution in [3.8, 4) is 16.9 Å². The minimum Gasteiger partial charge on any atom is -0.496 e. The molecule has 1 amide bonds. The summed E-state index contributed by atoms with van der Waals surface area (Å²) in [5.74, 6) is -1.10. The second-order valence-corrected chi connectivity index (χ2v) is 6.13. The number of likely N-dealkylation sites (tertiary alicyclic amines) is 1. The van der Waals surface area contributed by atoms with Crippen LogP contribution >= 0.6 is 0 Å². The number of carboxylic acid groups (broad SMARTS) is 1. The molecule has 0 spiro atoms. The van der Waals surface area contributed by atoms with E-state index in [0.717, 1.165) is 24.8 Å². The third-order valence-corrected chi connectivity index (χ3v) is 4.52. The number of aromatic carboxylic acids is 1. The molecular weight excluding hydrogens is 318 g/mol. The van der Waals surface area contributed by atoms with E-state index in [9.17, 15) is 14.7 Å². The predicted octanol–water partition coefficient (Wildman–Crippen LogP) is 3.69. The lowest BCUT2D eigenvalue weighted by atomic mass is 9.96. The van der Waals surface area contributed by atoms with Crippen molar-refractivity contribution in [1.82, 2.24) is 4.90 Å². The molecule has 2 aromatic rings. The Morgan fingerprint density at radius 1 is 1.00 bits per heavy atom. The lowest BCUT2D eigenvalue weighted by Crippen LogP contribution is -2.36. The molecule has 1 N–H and O–H groups in total. The molecule has 2 aromatic carbocycles. The van der Waals surface area contributed by atoms with Crippen LogP contribution in [0, 0.1) is 0 Å². The van der Waals surface area contributed by atoms with E-state index in [1.54, 1.807) is 17.0 Å². The molecule has 0 radical (unpaired) electrons.